The molecule has 0 bridgehead atoms. The minimum absolute atomic E-state index is 0.473. The van der Waals surface area contributed by atoms with Crippen LogP contribution in [0.4, 0.5) is 0 Å². The Morgan fingerprint density at radius 2 is 1.82 bits per heavy atom. The highest BCUT2D eigenvalue weighted by molar-refractivity contribution is 6.31. The van der Waals surface area contributed by atoms with Gasteiger partial charge in [0.2, 0.25) is 0 Å². The van der Waals surface area contributed by atoms with Crippen molar-refractivity contribution in [3.05, 3.63) is 53.3 Å². The summed E-state index contributed by atoms with van der Waals surface area (Å²) >= 11 is 6.23. The van der Waals surface area contributed by atoms with E-state index in [9.17, 15) is 0 Å². The zero-order valence-corrected chi connectivity index (χ0v) is 13.2. The van der Waals surface area contributed by atoms with Crippen molar-refractivity contribution in [3.63, 3.8) is 0 Å². The molecular weight excluding hydrogens is 298 g/mol. The molecule has 5 heteroatoms. The molecule has 3 rings (SSSR count). The molecule has 0 spiro atoms. The van der Waals surface area contributed by atoms with Crippen molar-refractivity contribution in [2.45, 2.75) is 19.4 Å². The zero-order chi connectivity index (χ0) is 15.2. The number of aromatic nitrogens is 2. The van der Waals surface area contributed by atoms with Crippen molar-refractivity contribution in [2.75, 3.05) is 19.7 Å². The first kappa shape index (κ1) is 15.3. The van der Waals surface area contributed by atoms with Crippen LogP contribution in [-0.2, 0) is 6.54 Å². The van der Waals surface area contributed by atoms with Crippen LogP contribution in [0.1, 0.15) is 18.4 Å². The highest BCUT2D eigenvalue weighted by Gasteiger charge is 2.20. The highest BCUT2D eigenvalue weighted by atomic mass is 35.5. The number of rotatable bonds is 5. The molecule has 0 unspecified atom stereocenters. The maximum atomic E-state index is 6.23. The molecule has 0 radical (unpaired) electrons. The molecule has 1 aliphatic heterocycles. The molecule has 116 valence electrons. The summed E-state index contributed by atoms with van der Waals surface area (Å²) in [5.74, 6) is 0.575. The normalized spacial score (nSPS) is 16.6. The summed E-state index contributed by atoms with van der Waals surface area (Å²) < 4.78 is 5.66. The van der Waals surface area contributed by atoms with Crippen LogP contribution in [0.2, 0.25) is 5.02 Å². The molecule has 22 heavy (non-hydrogen) atoms. The summed E-state index contributed by atoms with van der Waals surface area (Å²) in [6.45, 7) is 3.78. The van der Waals surface area contributed by atoms with E-state index in [1.165, 1.54) is 5.56 Å². The SMILES string of the molecule is Clc1ccccc1CN1CCC(COc2ncccn2)CC1. The van der Waals surface area contributed by atoms with Crippen molar-refractivity contribution < 1.29 is 4.74 Å². The fourth-order valence-electron chi connectivity index (χ4n) is 2.73. The van der Waals surface area contributed by atoms with Crippen molar-refractivity contribution in [3.8, 4) is 6.01 Å². The number of benzene rings is 1. The first-order valence-corrected chi connectivity index (χ1v) is 8.04. The molecule has 0 aliphatic carbocycles. The maximum Gasteiger partial charge on any atom is 0.316 e. The predicted molar refractivity (Wildman–Crippen MR) is 87.0 cm³/mol. The Kier molecular flexibility index (Phi) is 5.24. The van der Waals surface area contributed by atoms with Gasteiger partial charge in [-0.2, -0.15) is 0 Å². The van der Waals surface area contributed by atoms with Gasteiger partial charge in [0.25, 0.3) is 0 Å². The summed E-state index contributed by atoms with van der Waals surface area (Å²) in [5.41, 5.74) is 1.21. The summed E-state index contributed by atoms with van der Waals surface area (Å²) in [4.78, 5) is 10.6. The smallest absolute Gasteiger partial charge is 0.316 e. The van der Waals surface area contributed by atoms with E-state index < -0.39 is 0 Å². The zero-order valence-electron chi connectivity index (χ0n) is 12.5. The van der Waals surface area contributed by atoms with Gasteiger partial charge in [-0.05, 0) is 49.5 Å². The molecule has 1 aliphatic rings. The van der Waals surface area contributed by atoms with Gasteiger partial charge in [0.15, 0.2) is 0 Å². The Bertz CT molecular complexity index is 585. The molecule has 4 nitrogen and oxygen atoms in total. The van der Waals surface area contributed by atoms with Crippen LogP contribution < -0.4 is 4.74 Å². The summed E-state index contributed by atoms with van der Waals surface area (Å²) in [6.07, 6.45) is 5.68. The van der Waals surface area contributed by atoms with Gasteiger partial charge < -0.3 is 4.74 Å². The van der Waals surface area contributed by atoms with Gasteiger partial charge >= 0.3 is 6.01 Å². The topological polar surface area (TPSA) is 38.2 Å². The lowest BCUT2D eigenvalue weighted by Crippen LogP contribution is -2.35. The average molecular weight is 318 g/mol. The quantitative estimate of drug-likeness (QED) is 0.847. The Morgan fingerprint density at radius 1 is 1.09 bits per heavy atom. The molecule has 0 saturated carbocycles. The fraction of sp³-hybridized carbons (Fsp3) is 0.412. The summed E-state index contributed by atoms with van der Waals surface area (Å²) in [7, 11) is 0. The molecule has 0 N–H and O–H groups in total. The van der Waals surface area contributed by atoms with Gasteiger partial charge in [-0.3, -0.25) is 4.90 Å². The molecule has 0 atom stereocenters. The minimum atomic E-state index is 0.473. The monoisotopic (exact) mass is 317 g/mol. The number of ether oxygens (including phenoxy) is 1. The second kappa shape index (κ2) is 7.56. The first-order chi connectivity index (χ1) is 10.8. The van der Waals surface area contributed by atoms with E-state index in [2.05, 4.69) is 20.9 Å². The van der Waals surface area contributed by atoms with Crippen molar-refractivity contribution in [1.82, 2.24) is 14.9 Å². The van der Waals surface area contributed by atoms with E-state index >= 15 is 0 Å². The van der Waals surface area contributed by atoms with Crippen LogP contribution in [0.5, 0.6) is 6.01 Å². The third-order valence-corrected chi connectivity index (χ3v) is 4.42. The number of nitrogens with zero attached hydrogens (tertiary/aromatic N) is 3. The second-order valence-corrected chi connectivity index (χ2v) is 6.06. The number of hydrogen-bond acceptors (Lipinski definition) is 4. The largest absolute Gasteiger partial charge is 0.463 e. The number of likely N-dealkylation sites (tertiary alicyclic amines) is 1. The summed E-state index contributed by atoms with van der Waals surface area (Å²) in [6, 6.07) is 10.3. The van der Waals surface area contributed by atoms with Crippen LogP contribution >= 0.6 is 11.6 Å². The van der Waals surface area contributed by atoms with Crippen LogP contribution in [0.15, 0.2) is 42.7 Å². The molecule has 1 aromatic carbocycles. The van der Waals surface area contributed by atoms with Crippen molar-refractivity contribution >= 4 is 11.6 Å². The lowest BCUT2D eigenvalue weighted by atomic mass is 9.97. The predicted octanol–water partition coefficient (Wildman–Crippen LogP) is 3.42. The van der Waals surface area contributed by atoms with Gasteiger partial charge in [0.1, 0.15) is 0 Å². The Morgan fingerprint density at radius 3 is 2.55 bits per heavy atom. The lowest BCUT2D eigenvalue weighted by molar-refractivity contribution is 0.132. The standard InChI is InChI=1S/C17H20ClN3O/c18-16-5-2-1-4-15(16)12-21-10-6-14(7-11-21)13-22-17-19-8-3-9-20-17/h1-5,8-9,14H,6-7,10-13H2. The lowest BCUT2D eigenvalue weighted by Gasteiger charge is -2.31. The van der Waals surface area contributed by atoms with Crippen LogP contribution in [0.3, 0.4) is 0 Å². The Labute approximate surface area is 136 Å². The average Bonchev–Trinajstić information content (AvgIpc) is 2.57. The molecule has 1 fully saturated rings. The number of hydrogen-bond donors (Lipinski definition) is 0. The van der Waals surface area contributed by atoms with Crippen LogP contribution in [0, 0.1) is 5.92 Å². The Balaban J connectivity index is 1.44. The molecule has 1 aromatic heterocycles. The second-order valence-electron chi connectivity index (χ2n) is 5.65. The van der Waals surface area contributed by atoms with E-state index in [0.29, 0.717) is 18.5 Å². The molecule has 2 heterocycles. The molecule has 2 aromatic rings. The van der Waals surface area contributed by atoms with Gasteiger partial charge in [-0.15, -0.1) is 0 Å². The van der Waals surface area contributed by atoms with Crippen LogP contribution in [0.25, 0.3) is 0 Å². The number of piperidine rings is 1. The summed E-state index contributed by atoms with van der Waals surface area (Å²) in [5, 5.41) is 0.856. The molecule has 1 saturated heterocycles. The van der Waals surface area contributed by atoms with Gasteiger partial charge in [-0.25, -0.2) is 9.97 Å². The maximum absolute atomic E-state index is 6.23. The van der Waals surface area contributed by atoms with E-state index in [1.807, 2.05) is 18.2 Å². The number of halogens is 1. The Hall–Kier alpha value is -1.65. The van der Waals surface area contributed by atoms with Gasteiger partial charge in [0.05, 0.1) is 6.61 Å². The van der Waals surface area contributed by atoms with Crippen molar-refractivity contribution in [2.24, 2.45) is 5.92 Å². The van der Waals surface area contributed by atoms with E-state index in [4.69, 9.17) is 16.3 Å². The van der Waals surface area contributed by atoms with Gasteiger partial charge in [0, 0.05) is 24.0 Å². The third kappa shape index (κ3) is 4.18. The molecular formula is C17H20ClN3O. The molecule has 0 amide bonds. The van der Waals surface area contributed by atoms with Crippen LogP contribution in [-0.4, -0.2) is 34.6 Å². The van der Waals surface area contributed by atoms with E-state index in [-0.39, 0.29) is 0 Å². The first-order valence-electron chi connectivity index (χ1n) is 7.67. The highest BCUT2D eigenvalue weighted by Crippen LogP contribution is 2.22. The van der Waals surface area contributed by atoms with E-state index in [1.54, 1.807) is 18.5 Å². The van der Waals surface area contributed by atoms with E-state index in [0.717, 1.165) is 37.5 Å². The van der Waals surface area contributed by atoms with Crippen molar-refractivity contribution in [1.29, 1.82) is 0 Å². The third-order valence-electron chi connectivity index (χ3n) is 4.05. The fourth-order valence-corrected chi connectivity index (χ4v) is 2.93. The minimum Gasteiger partial charge on any atom is -0.463 e. The van der Waals surface area contributed by atoms with Gasteiger partial charge in [-0.1, -0.05) is 29.8 Å².